The van der Waals surface area contributed by atoms with Crippen LogP contribution in [0.5, 0.6) is 0 Å². The van der Waals surface area contributed by atoms with Gasteiger partial charge in [-0.05, 0) is 25.0 Å². The second-order valence-corrected chi connectivity index (χ2v) is 3.75. The molecule has 1 aliphatic heterocycles. The number of carbonyl (C=O) groups is 1. The smallest absolute Gasteiger partial charge is 0.332 e. The van der Waals surface area contributed by atoms with E-state index in [1.54, 1.807) is 6.08 Å². The summed E-state index contributed by atoms with van der Waals surface area (Å²) >= 11 is 0. The zero-order chi connectivity index (χ0) is 11.4. The number of methoxy groups -OCH3 is 1. The summed E-state index contributed by atoms with van der Waals surface area (Å²) in [5.41, 5.74) is 2.17. The van der Waals surface area contributed by atoms with Crippen molar-refractivity contribution in [1.29, 1.82) is 0 Å². The molecule has 2 rings (SSSR count). The second-order valence-electron chi connectivity index (χ2n) is 3.75. The van der Waals surface area contributed by atoms with Crippen LogP contribution < -0.4 is 4.90 Å². The molecule has 1 aromatic rings. The number of benzene rings is 1. The third kappa shape index (κ3) is 2.24. The van der Waals surface area contributed by atoms with Gasteiger partial charge < -0.3 is 9.64 Å². The lowest BCUT2D eigenvalue weighted by Crippen LogP contribution is -2.17. The zero-order valence-electron chi connectivity index (χ0n) is 9.35. The van der Waals surface area contributed by atoms with E-state index in [2.05, 4.69) is 21.8 Å². The zero-order valence-corrected chi connectivity index (χ0v) is 9.35. The Kier molecular flexibility index (Phi) is 3.25. The minimum atomic E-state index is -0.280. The Balaban J connectivity index is 2.22. The van der Waals surface area contributed by atoms with Crippen molar-refractivity contribution in [1.82, 2.24) is 0 Å². The second kappa shape index (κ2) is 4.84. The Morgan fingerprint density at radius 2 is 2.12 bits per heavy atom. The quantitative estimate of drug-likeness (QED) is 0.562. The number of nitrogens with zero attached hydrogens (tertiary/aromatic N) is 1. The fourth-order valence-corrected chi connectivity index (χ4v) is 1.94. The van der Waals surface area contributed by atoms with Gasteiger partial charge in [-0.3, -0.25) is 0 Å². The first kappa shape index (κ1) is 10.7. The Hall–Kier alpha value is -1.77. The lowest BCUT2D eigenvalue weighted by atomic mass is 10.2. The van der Waals surface area contributed by atoms with Crippen LogP contribution in [-0.2, 0) is 9.53 Å². The van der Waals surface area contributed by atoms with Crippen molar-refractivity contribution in [2.45, 2.75) is 12.8 Å². The summed E-state index contributed by atoms with van der Waals surface area (Å²) in [6, 6.07) is 10.1. The molecule has 1 aromatic carbocycles. The largest absolute Gasteiger partial charge is 0.466 e. The highest BCUT2D eigenvalue weighted by atomic mass is 16.5. The Bertz CT molecular complexity index is 398. The molecule has 3 nitrogen and oxygen atoms in total. The van der Waals surface area contributed by atoms with Gasteiger partial charge in [-0.2, -0.15) is 0 Å². The molecule has 0 radical (unpaired) electrons. The monoisotopic (exact) mass is 217 g/mol. The summed E-state index contributed by atoms with van der Waals surface area (Å²) in [5.74, 6) is -0.280. The van der Waals surface area contributed by atoms with Gasteiger partial charge in [0.2, 0.25) is 0 Å². The number of hydrogen-bond acceptors (Lipinski definition) is 3. The average molecular weight is 217 g/mol. The van der Waals surface area contributed by atoms with Crippen LogP contribution in [0.3, 0.4) is 0 Å². The number of hydrogen-bond donors (Lipinski definition) is 0. The highest BCUT2D eigenvalue weighted by Crippen LogP contribution is 2.27. The molecule has 3 heteroatoms. The molecular formula is C13H15NO2. The summed E-state index contributed by atoms with van der Waals surface area (Å²) < 4.78 is 4.65. The van der Waals surface area contributed by atoms with Crippen LogP contribution in [0.4, 0.5) is 5.69 Å². The van der Waals surface area contributed by atoms with E-state index in [9.17, 15) is 4.79 Å². The summed E-state index contributed by atoms with van der Waals surface area (Å²) in [5, 5.41) is 0. The van der Waals surface area contributed by atoms with E-state index in [1.165, 1.54) is 7.11 Å². The predicted octanol–water partition coefficient (Wildman–Crippen LogP) is 2.34. The van der Waals surface area contributed by atoms with Crippen LogP contribution >= 0.6 is 0 Å². The fourth-order valence-electron chi connectivity index (χ4n) is 1.94. The maximum absolute atomic E-state index is 11.2. The Labute approximate surface area is 95.3 Å². The SMILES string of the molecule is COC(=O)/C=C1\CCCN1c1ccccc1. The first-order chi connectivity index (χ1) is 7.81. The van der Waals surface area contributed by atoms with E-state index in [0.29, 0.717) is 0 Å². The van der Waals surface area contributed by atoms with E-state index in [-0.39, 0.29) is 5.97 Å². The summed E-state index contributed by atoms with van der Waals surface area (Å²) in [7, 11) is 1.40. The van der Waals surface area contributed by atoms with Crippen molar-refractivity contribution in [3.63, 3.8) is 0 Å². The lowest BCUT2D eigenvalue weighted by Gasteiger charge is -2.19. The molecule has 0 aromatic heterocycles. The molecule has 0 N–H and O–H groups in total. The molecule has 1 saturated heterocycles. The van der Waals surface area contributed by atoms with Gasteiger partial charge in [0, 0.05) is 24.0 Å². The number of anilines is 1. The summed E-state index contributed by atoms with van der Waals surface area (Å²) in [6.45, 7) is 0.965. The molecular weight excluding hydrogens is 202 g/mol. The molecule has 0 saturated carbocycles. The van der Waals surface area contributed by atoms with Gasteiger partial charge >= 0.3 is 5.97 Å². The molecule has 0 unspecified atom stereocenters. The van der Waals surface area contributed by atoms with Gasteiger partial charge in [-0.25, -0.2) is 4.79 Å². The number of para-hydroxylation sites is 1. The molecule has 0 bridgehead atoms. The molecule has 0 spiro atoms. The van der Waals surface area contributed by atoms with E-state index in [4.69, 9.17) is 0 Å². The minimum Gasteiger partial charge on any atom is -0.466 e. The maximum Gasteiger partial charge on any atom is 0.332 e. The van der Waals surface area contributed by atoms with Gasteiger partial charge in [0.1, 0.15) is 0 Å². The van der Waals surface area contributed by atoms with Crippen LogP contribution in [0.15, 0.2) is 42.1 Å². The predicted molar refractivity (Wildman–Crippen MR) is 63.1 cm³/mol. The average Bonchev–Trinajstić information content (AvgIpc) is 2.78. The summed E-state index contributed by atoms with van der Waals surface area (Å²) in [6.07, 6.45) is 3.60. The van der Waals surface area contributed by atoms with Gasteiger partial charge in [-0.1, -0.05) is 18.2 Å². The number of ether oxygens (including phenoxy) is 1. The number of allylic oxidation sites excluding steroid dienone is 1. The molecule has 1 aliphatic rings. The van der Waals surface area contributed by atoms with Crippen molar-refractivity contribution in [2.24, 2.45) is 0 Å². The highest BCUT2D eigenvalue weighted by molar-refractivity contribution is 5.83. The minimum absolute atomic E-state index is 0.280. The lowest BCUT2D eigenvalue weighted by molar-refractivity contribution is -0.134. The Morgan fingerprint density at radius 1 is 1.38 bits per heavy atom. The maximum atomic E-state index is 11.2. The van der Waals surface area contributed by atoms with Crippen LogP contribution in [0.2, 0.25) is 0 Å². The fraction of sp³-hybridized carbons (Fsp3) is 0.308. The highest BCUT2D eigenvalue weighted by Gasteiger charge is 2.19. The van der Waals surface area contributed by atoms with Crippen molar-refractivity contribution in [3.05, 3.63) is 42.1 Å². The van der Waals surface area contributed by atoms with Crippen LogP contribution in [0, 0.1) is 0 Å². The first-order valence-corrected chi connectivity index (χ1v) is 5.42. The molecule has 1 heterocycles. The van der Waals surface area contributed by atoms with E-state index in [1.807, 2.05) is 18.2 Å². The van der Waals surface area contributed by atoms with Crippen molar-refractivity contribution in [2.75, 3.05) is 18.6 Å². The van der Waals surface area contributed by atoms with Crippen molar-refractivity contribution in [3.8, 4) is 0 Å². The van der Waals surface area contributed by atoms with Gasteiger partial charge in [-0.15, -0.1) is 0 Å². The molecule has 84 valence electrons. The van der Waals surface area contributed by atoms with E-state index < -0.39 is 0 Å². The number of rotatable bonds is 2. The molecule has 0 amide bonds. The number of carbonyl (C=O) groups excluding carboxylic acids is 1. The van der Waals surface area contributed by atoms with Gasteiger partial charge in [0.05, 0.1) is 7.11 Å². The molecule has 16 heavy (non-hydrogen) atoms. The normalized spacial score (nSPS) is 17.8. The van der Waals surface area contributed by atoms with Crippen molar-refractivity contribution < 1.29 is 9.53 Å². The molecule has 0 atom stereocenters. The standard InChI is InChI=1S/C13H15NO2/c1-16-13(15)10-12-8-5-9-14(12)11-6-3-2-4-7-11/h2-4,6-7,10H,5,8-9H2,1H3/b12-10+. The van der Waals surface area contributed by atoms with Crippen LogP contribution in [0.1, 0.15) is 12.8 Å². The van der Waals surface area contributed by atoms with Crippen LogP contribution in [-0.4, -0.2) is 19.6 Å². The van der Waals surface area contributed by atoms with E-state index >= 15 is 0 Å². The first-order valence-electron chi connectivity index (χ1n) is 5.42. The topological polar surface area (TPSA) is 29.5 Å². The summed E-state index contributed by atoms with van der Waals surface area (Å²) in [4.78, 5) is 13.4. The molecule has 1 fully saturated rings. The molecule has 0 aliphatic carbocycles. The van der Waals surface area contributed by atoms with E-state index in [0.717, 1.165) is 30.8 Å². The third-order valence-corrected chi connectivity index (χ3v) is 2.71. The Morgan fingerprint density at radius 3 is 2.81 bits per heavy atom. The van der Waals surface area contributed by atoms with Crippen LogP contribution in [0.25, 0.3) is 0 Å². The third-order valence-electron chi connectivity index (χ3n) is 2.71. The van der Waals surface area contributed by atoms with Gasteiger partial charge in [0.25, 0.3) is 0 Å². The van der Waals surface area contributed by atoms with Gasteiger partial charge in [0.15, 0.2) is 0 Å². The number of esters is 1. The van der Waals surface area contributed by atoms with Crippen molar-refractivity contribution >= 4 is 11.7 Å².